The molecule has 1 saturated heterocycles. The number of carbonyl (C=O) groups is 1. The zero-order chi connectivity index (χ0) is 11.3. The molecule has 1 unspecified atom stereocenters. The predicted molar refractivity (Wildman–Crippen MR) is 61.9 cm³/mol. The molecular weight excluding hydrogens is 190 g/mol. The Balaban J connectivity index is 2.51. The van der Waals surface area contributed by atoms with Gasteiger partial charge in [0.2, 0.25) is 0 Å². The highest BCUT2D eigenvalue weighted by atomic mass is 16.2. The predicted octanol–water partition coefficient (Wildman–Crippen LogP) is 1.18. The van der Waals surface area contributed by atoms with Crippen LogP contribution in [-0.2, 0) is 0 Å². The van der Waals surface area contributed by atoms with Gasteiger partial charge in [0.25, 0.3) is 0 Å². The van der Waals surface area contributed by atoms with Gasteiger partial charge in [0.15, 0.2) is 0 Å². The summed E-state index contributed by atoms with van der Waals surface area (Å²) in [5, 5.41) is 6.26. The monoisotopic (exact) mass is 213 g/mol. The van der Waals surface area contributed by atoms with Crippen molar-refractivity contribution >= 4 is 6.03 Å². The molecule has 0 spiro atoms. The lowest BCUT2D eigenvalue weighted by atomic mass is 10.2. The Kier molecular flexibility index (Phi) is 4.88. The quantitative estimate of drug-likeness (QED) is 0.736. The summed E-state index contributed by atoms with van der Waals surface area (Å²) in [6.45, 7) is 8.91. The van der Waals surface area contributed by atoms with Crippen molar-refractivity contribution in [3.05, 3.63) is 0 Å². The molecule has 4 nitrogen and oxygen atoms in total. The number of hydrogen-bond donors (Lipinski definition) is 2. The van der Waals surface area contributed by atoms with Gasteiger partial charge in [-0.05, 0) is 33.2 Å². The first kappa shape index (κ1) is 12.3. The van der Waals surface area contributed by atoms with Crippen molar-refractivity contribution in [1.82, 2.24) is 15.5 Å². The van der Waals surface area contributed by atoms with Gasteiger partial charge in [0.1, 0.15) is 0 Å². The highest BCUT2D eigenvalue weighted by Gasteiger charge is 2.25. The standard InChI is InChI=1S/C11H23N3O/c1-4-7-14(10-5-6-12-8-10)11(15)13-9(2)3/h9-10,12H,4-8H2,1-3H3,(H,13,15). The van der Waals surface area contributed by atoms with Crippen molar-refractivity contribution in [2.45, 2.75) is 45.7 Å². The molecule has 1 fully saturated rings. The third kappa shape index (κ3) is 3.70. The molecule has 2 N–H and O–H groups in total. The minimum Gasteiger partial charge on any atom is -0.336 e. The van der Waals surface area contributed by atoms with Crippen LogP contribution in [0.1, 0.15) is 33.6 Å². The molecule has 88 valence electrons. The van der Waals surface area contributed by atoms with Crippen molar-refractivity contribution in [2.75, 3.05) is 19.6 Å². The van der Waals surface area contributed by atoms with Gasteiger partial charge in [-0.15, -0.1) is 0 Å². The van der Waals surface area contributed by atoms with E-state index in [1.54, 1.807) is 0 Å². The van der Waals surface area contributed by atoms with Gasteiger partial charge in [-0.1, -0.05) is 6.92 Å². The SMILES string of the molecule is CCCN(C(=O)NC(C)C)C1CCNC1. The zero-order valence-electron chi connectivity index (χ0n) is 10.0. The third-order valence-electron chi connectivity index (χ3n) is 2.61. The number of hydrogen-bond acceptors (Lipinski definition) is 2. The lowest BCUT2D eigenvalue weighted by molar-refractivity contribution is 0.176. The van der Waals surface area contributed by atoms with Crippen molar-refractivity contribution in [1.29, 1.82) is 0 Å². The van der Waals surface area contributed by atoms with Crippen LogP contribution in [0.3, 0.4) is 0 Å². The maximum atomic E-state index is 11.9. The van der Waals surface area contributed by atoms with Crippen LogP contribution in [0.5, 0.6) is 0 Å². The molecule has 0 bridgehead atoms. The molecule has 0 aromatic heterocycles. The molecule has 2 amide bonds. The molecule has 1 atom stereocenters. The number of rotatable bonds is 4. The molecule has 4 heteroatoms. The van der Waals surface area contributed by atoms with E-state index in [1.165, 1.54) is 0 Å². The number of carbonyl (C=O) groups excluding carboxylic acids is 1. The molecular formula is C11H23N3O. The number of nitrogens with zero attached hydrogens (tertiary/aromatic N) is 1. The maximum Gasteiger partial charge on any atom is 0.317 e. The first-order valence-electron chi connectivity index (χ1n) is 5.93. The van der Waals surface area contributed by atoms with E-state index >= 15 is 0 Å². The van der Waals surface area contributed by atoms with Gasteiger partial charge in [0, 0.05) is 25.2 Å². The van der Waals surface area contributed by atoms with Crippen molar-refractivity contribution in [3.63, 3.8) is 0 Å². The molecule has 0 aromatic rings. The average molecular weight is 213 g/mol. The summed E-state index contributed by atoms with van der Waals surface area (Å²) < 4.78 is 0. The van der Waals surface area contributed by atoms with Gasteiger partial charge in [0.05, 0.1) is 0 Å². The van der Waals surface area contributed by atoms with Crippen LogP contribution in [0, 0.1) is 0 Å². The Morgan fingerprint density at radius 2 is 2.33 bits per heavy atom. The first-order chi connectivity index (χ1) is 7.15. The van der Waals surface area contributed by atoms with E-state index in [9.17, 15) is 4.79 Å². The van der Waals surface area contributed by atoms with Crippen molar-refractivity contribution < 1.29 is 4.79 Å². The zero-order valence-corrected chi connectivity index (χ0v) is 10.0. The van der Waals surface area contributed by atoms with Crippen LogP contribution in [0.4, 0.5) is 4.79 Å². The van der Waals surface area contributed by atoms with Gasteiger partial charge < -0.3 is 15.5 Å². The van der Waals surface area contributed by atoms with Crippen LogP contribution >= 0.6 is 0 Å². The van der Waals surface area contributed by atoms with Crippen LogP contribution < -0.4 is 10.6 Å². The van der Waals surface area contributed by atoms with Crippen LogP contribution in [-0.4, -0.2) is 42.6 Å². The van der Waals surface area contributed by atoms with Crippen molar-refractivity contribution in [3.8, 4) is 0 Å². The average Bonchev–Trinajstić information content (AvgIpc) is 2.65. The summed E-state index contributed by atoms with van der Waals surface area (Å²) in [7, 11) is 0. The van der Waals surface area contributed by atoms with Gasteiger partial charge in [-0.3, -0.25) is 0 Å². The molecule has 0 saturated carbocycles. The normalized spacial score (nSPS) is 20.7. The lowest BCUT2D eigenvalue weighted by Gasteiger charge is -2.29. The highest BCUT2D eigenvalue weighted by Crippen LogP contribution is 2.09. The Hall–Kier alpha value is -0.770. The number of nitrogens with one attached hydrogen (secondary N) is 2. The van der Waals surface area contributed by atoms with Gasteiger partial charge in [-0.25, -0.2) is 4.79 Å². The summed E-state index contributed by atoms with van der Waals surface area (Å²) in [4.78, 5) is 13.9. The Morgan fingerprint density at radius 1 is 1.60 bits per heavy atom. The second-order valence-electron chi connectivity index (χ2n) is 4.44. The molecule has 1 rings (SSSR count). The summed E-state index contributed by atoms with van der Waals surface area (Å²) in [6, 6.07) is 0.676. The smallest absolute Gasteiger partial charge is 0.317 e. The largest absolute Gasteiger partial charge is 0.336 e. The van der Waals surface area contributed by atoms with E-state index in [2.05, 4.69) is 17.6 Å². The molecule has 15 heavy (non-hydrogen) atoms. The summed E-state index contributed by atoms with van der Waals surface area (Å²) >= 11 is 0. The Labute approximate surface area is 92.4 Å². The fourth-order valence-electron chi connectivity index (χ4n) is 1.93. The summed E-state index contributed by atoms with van der Waals surface area (Å²) in [5.74, 6) is 0. The van der Waals surface area contributed by atoms with E-state index in [-0.39, 0.29) is 12.1 Å². The fourth-order valence-corrected chi connectivity index (χ4v) is 1.93. The maximum absolute atomic E-state index is 11.9. The van der Waals surface area contributed by atoms with Gasteiger partial charge >= 0.3 is 6.03 Å². The highest BCUT2D eigenvalue weighted by molar-refractivity contribution is 5.74. The second-order valence-corrected chi connectivity index (χ2v) is 4.44. The summed E-state index contributed by atoms with van der Waals surface area (Å²) in [5.41, 5.74) is 0. The number of urea groups is 1. The Morgan fingerprint density at radius 3 is 2.80 bits per heavy atom. The van der Waals surface area contributed by atoms with Crippen molar-refractivity contribution in [2.24, 2.45) is 0 Å². The second kappa shape index (κ2) is 5.95. The van der Waals surface area contributed by atoms with E-state index in [4.69, 9.17) is 0 Å². The van der Waals surface area contributed by atoms with Crippen LogP contribution in [0.25, 0.3) is 0 Å². The fraction of sp³-hybridized carbons (Fsp3) is 0.909. The molecule has 0 aliphatic carbocycles. The van der Waals surface area contributed by atoms with E-state index < -0.39 is 0 Å². The van der Waals surface area contributed by atoms with Crippen LogP contribution in [0.2, 0.25) is 0 Å². The molecule has 1 aliphatic heterocycles. The molecule has 1 heterocycles. The third-order valence-corrected chi connectivity index (χ3v) is 2.61. The Bertz CT molecular complexity index is 200. The topological polar surface area (TPSA) is 44.4 Å². The van der Waals surface area contributed by atoms with Crippen LogP contribution in [0.15, 0.2) is 0 Å². The van der Waals surface area contributed by atoms with E-state index in [1.807, 2.05) is 18.7 Å². The first-order valence-corrected chi connectivity index (χ1v) is 5.93. The number of amides is 2. The molecule has 0 radical (unpaired) electrons. The molecule has 1 aliphatic rings. The van der Waals surface area contributed by atoms with E-state index in [0.717, 1.165) is 32.5 Å². The van der Waals surface area contributed by atoms with E-state index in [0.29, 0.717) is 6.04 Å². The lowest BCUT2D eigenvalue weighted by Crippen LogP contribution is -2.49. The van der Waals surface area contributed by atoms with Gasteiger partial charge in [-0.2, -0.15) is 0 Å². The minimum atomic E-state index is 0.0838. The minimum absolute atomic E-state index is 0.0838. The summed E-state index contributed by atoms with van der Waals surface area (Å²) in [6.07, 6.45) is 2.09. The molecule has 0 aromatic carbocycles.